The molecule has 0 amide bonds. The van der Waals surface area contributed by atoms with Gasteiger partial charge in [0.25, 0.3) is 0 Å². The lowest BCUT2D eigenvalue weighted by molar-refractivity contribution is 0.0536. The van der Waals surface area contributed by atoms with Crippen LogP contribution >= 0.6 is 19.4 Å². The third-order valence-electron chi connectivity index (χ3n) is 5.99. The number of aryl methyl sites for hydroxylation is 1. The summed E-state index contributed by atoms with van der Waals surface area (Å²) in [7, 11) is -3.30. The number of hydrogen-bond donors (Lipinski definition) is 1. The van der Waals surface area contributed by atoms with Gasteiger partial charge >= 0.3 is 13.3 Å². The Kier molecular flexibility index (Phi) is 18.6. The molecule has 1 N–H and O–H groups in total. The lowest BCUT2D eigenvalue weighted by Crippen LogP contribution is -2.25. The van der Waals surface area contributed by atoms with E-state index in [1.54, 1.807) is 0 Å². The molecule has 0 saturated heterocycles. The number of carbonyl (C=O) groups is 1. The lowest BCUT2D eigenvalue weighted by Gasteiger charge is -2.24. The van der Waals surface area contributed by atoms with E-state index in [4.69, 9.17) is 9.26 Å². The molecule has 202 valence electrons. The zero-order chi connectivity index (χ0) is 25.8. The van der Waals surface area contributed by atoms with Crippen molar-refractivity contribution in [3.8, 4) is 0 Å². The Morgan fingerprint density at radius 1 is 0.971 bits per heavy atom. The fraction of sp³-hybridized carbons (Fsp3) is 0.741. The molecule has 0 bridgehead atoms. The van der Waals surface area contributed by atoms with Crippen molar-refractivity contribution in [2.45, 2.75) is 102 Å². The predicted molar refractivity (Wildman–Crippen MR) is 146 cm³/mol. The smallest absolute Gasteiger partial charge is 0.435 e. The predicted octanol–water partition coefficient (Wildman–Crippen LogP) is 8.02. The molecule has 6 nitrogen and oxygen atoms in total. The second-order valence-corrected chi connectivity index (χ2v) is 12.0. The van der Waals surface area contributed by atoms with E-state index in [-0.39, 0.29) is 12.7 Å². The maximum absolute atomic E-state index is 11.6. The van der Waals surface area contributed by atoms with Gasteiger partial charge in [0.1, 0.15) is 0 Å². The highest BCUT2D eigenvalue weighted by Crippen LogP contribution is 2.43. The maximum Gasteiger partial charge on any atom is 0.435 e. The summed E-state index contributed by atoms with van der Waals surface area (Å²) in [6.07, 6.45) is 14.2. The highest BCUT2D eigenvalue weighted by atomic mass is 32.2. The van der Waals surface area contributed by atoms with Crippen LogP contribution in [0, 0.1) is 0 Å². The zero-order valence-electron chi connectivity index (χ0n) is 22.0. The first-order valence-electron chi connectivity index (χ1n) is 13.2. The van der Waals surface area contributed by atoms with E-state index in [9.17, 15) is 14.3 Å². The number of methoxy groups -OCH3 is 1. The van der Waals surface area contributed by atoms with E-state index < -0.39 is 13.3 Å². The highest BCUT2D eigenvalue weighted by Gasteiger charge is 2.31. The zero-order valence-corrected chi connectivity index (χ0v) is 23.7. The third kappa shape index (κ3) is 15.8. The van der Waals surface area contributed by atoms with E-state index in [0.717, 1.165) is 25.7 Å². The van der Waals surface area contributed by atoms with Crippen LogP contribution in [-0.2, 0) is 25.0 Å². The summed E-state index contributed by atoms with van der Waals surface area (Å²) < 4.78 is 26.8. The van der Waals surface area contributed by atoms with Crippen LogP contribution in [0.25, 0.3) is 0 Å². The summed E-state index contributed by atoms with van der Waals surface area (Å²) >= 11 is 2.02. The van der Waals surface area contributed by atoms with Crippen LogP contribution in [0.15, 0.2) is 30.3 Å². The minimum absolute atomic E-state index is 0.0204. The summed E-state index contributed by atoms with van der Waals surface area (Å²) in [5.74, 6) is 1.15. The van der Waals surface area contributed by atoms with Gasteiger partial charge in [-0.25, -0.2) is 9.36 Å². The van der Waals surface area contributed by atoms with Gasteiger partial charge < -0.3 is 18.9 Å². The highest BCUT2D eigenvalue weighted by molar-refractivity contribution is 7.99. The van der Waals surface area contributed by atoms with E-state index in [2.05, 4.69) is 48.9 Å². The molecular weight excluding hydrogens is 483 g/mol. The Morgan fingerprint density at radius 2 is 1.66 bits per heavy atom. The van der Waals surface area contributed by atoms with E-state index >= 15 is 0 Å². The first kappa shape index (κ1) is 32.2. The van der Waals surface area contributed by atoms with Gasteiger partial charge in [-0.2, -0.15) is 11.8 Å². The molecule has 0 fully saturated rings. The van der Waals surface area contributed by atoms with Crippen molar-refractivity contribution in [3.63, 3.8) is 0 Å². The molecule has 0 aliphatic carbocycles. The van der Waals surface area contributed by atoms with Gasteiger partial charge in [0.15, 0.2) is 0 Å². The number of thioether (sulfide) groups is 1. The van der Waals surface area contributed by atoms with Crippen LogP contribution in [0.3, 0.4) is 0 Å². The first-order chi connectivity index (χ1) is 16.9. The molecule has 1 unspecified atom stereocenters. The number of hydrogen-bond acceptors (Lipinski definition) is 6. The summed E-state index contributed by atoms with van der Waals surface area (Å²) in [4.78, 5) is 20.7. The van der Waals surface area contributed by atoms with Crippen molar-refractivity contribution < 1.29 is 28.3 Å². The van der Waals surface area contributed by atoms with Crippen LogP contribution < -0.4 is 0 Å². The van der Waals surface area contributed by atoms with Crippen molar-refractivity contribution in [2.75, 3.05) is 26.1 Å². The molecule has 0 spiro atoms. The van der Waals surface area contributed by atoms with Crippen molar-refractivity contribution in [3.05, 3.63) is 35.9 Å². The molecule has 1 aromatic carbocycles. The van der Waals surface area contributed by atoms with Crippen molar-refractivity contribution in [1.29, 1.82) is 0 Å². The SMILES string of the molecule is CCCCCCC[C@@H](SCCCCCCc1ccccc1)[C@H](C)OCCCOP(=O)(O)C(=O)OC. The average Bonchev–Trinajstić information content (AvgIpc) is 2.86. The normalized spacial score (nSPS) is 14.9. The van der Waals surface area contributed by atoms with Crippen molar-refractivity contribution >= 4 is 25.1 Å². The van der Waals surface area contributed by atoms with E-state index in [0.29, 0.717) is 18.3 Å². The molecule has 0 saturated carbocycles. The number of rotatable bonds is 22. The van der Waals surface area contributed by atoms with Gasteiger partial charge in [-0.15, -0.1) is 0 Å². The van der Waals surface area contributed by atoms with Gasteiger partial charge in [0.2, 0.25) is 0 Å². The molecule has 1 aromatic rings. The topological polar surface area (TPSA) is 82.1 Å². The third-order valence-corrected chi connectivity index (χ3v) is 8.74. The molecular formula is C27H47O6PS. The fourth-order valence-electron chi connectivity index (χ4n) is 3.86. The summed E-state index contributed by atoms with van der Waals surface area (Å²) in [5.41, 5.74) is 0.194. The molecule has 8 heteroatoms. The van der Waals surface area contributed by atoms with Crippen molar-refractivity contribution in [2.24, 2.45) is 0 Å². The Morgan fingerprint density at radius 3 is 2.37 bits per heavy atom. The lowest BCUT2D eigenvalue weighted by atomic mass is 10.1. The minimum atomic E-state index is -4.36. The first-order valence-corrected chi connectivity index (χ1v) is 15.9. The minimum Gasteiger partial charge on any atom is -0.460 e. The van der Waals surface area contributed by atoms with Gasteiger partial charge in [0, 0.05) is 11.9 Å². The van der Waals surface area contributed by atoms with Crippen LogP contribution in [-0.4, -0.2) is 48.0 Å². The van der Waals surface area contributed by atoms with Gasteiger partial charge in [-0.1, -0.05) is 82.2 Å². The Labute approximate surface area is 217 Å². The largest absolute Gasteiger partial charge is 0.460 e. The quantitative estimate of drug-likeness (QED) is 0.120. The standard InChI is InChI=1S/C27H47O6PS/c1-4-5-6-7-14-20-26(24(2)32-21-16-22-33-34(29,30)27(28)31-3)35-23-15-9-8-11-17-25-18-12-10-13-19-25/h10,12-13,18-19,24,26H,4-9,11,14-17,20-23H2,1-3H3,(H,29,30)/t24-,26+/m0/s1. The maximum atomic E-state index is 11.6. The second kappa shape index (κ2) is 20.2. The molecule has 3 atom stereocenters. The van der Waals surface area contributed by atoms with Crippen molar-refractivity contribution in [1.82, 2.24) is 0 Å². The van der Waals surface area contributed by atoms with Crippen LogP contribution in [0.5, 0.6) is 0 Å². The Balaban J connectivity index is 2.29. The van der Waals surface area contributed by atoms with Gasteiger partial charge in [-0.3, -0.25) is 0 Å². The molecule has 0 heterocycles. The molecule has 0 aliphatic heterocycles. The second-order valence-electron chi connectivity index (χ2n) is 9.02. The van der Waals surface area contributed by atoms with E-state index in [1.165, 1.54) is 63.4 Å². The Bertz CT molecular complexity index is 702. The number of carbonyl (C=O) groups excluding carboxylic acids is 1. The Hall–Kier alpha value is -0.850. The number of unbranched alkanes of at least 4 members (excludes halogenated alkanes) is 7. The fourth-order valence-corrected chi connectivity index (χ4v) is 5.93. The number of benzene rings is 1. The van der Waals surface area contributed by atoms with E-state index in [1.807, 2.05) is 11.8 Å². The molecule has 35 heavy (non-hydrogen) atoms. The molecule has 0 radical (unpaired) electrons. The number of ether oxygens (including phenoxy) is 2. The summed E-state index contributed by atoms with van der Waals surface area (Å²) in [6, 6.07) is 10.7. The van der Waals surface area contributed by atoms with Crippen LogP contribution in [0.2, 0.25) is 0 Å². The monoisotopic (exact) mass is 530 g/mol. The molecule has 0 aromatic heterocycles. The molecule has 1 rings (SSSR count). The van der Waals surface area contributed by atoms with Gasteiger partial charge in [0.05, 0.1) is 19.8 Å². The molecule has 0 aliphatic rings. The van der Waals surface area contributed by atoms with Crippen LogP contribution in [0.1, 0.15) is 90.0 Å². The summed E-state index contributed by atoms with van der Waals surface area (Å²) in [6.45, 7) is 4.76. The van der Waals surface area contributed by atoms with Gasteiger partial charge in [-0.05, 0) is 50.3 Å². The summed E-state index contributed by atoms with van der Waals surface area (Å²) in [5, 5.41) is 0.445. The van der Waals surface area contributed by atoms with Crippen LogP contribution in [0.4, 0.5) is 4.79 Å². The average molecular weight is 531 g/mol.